The second kappa shape index (κ2) is 8.26. The van der Waals surface area contributed by atoms with Crippen molar-refractivity contribution in [2.45, 2.75) is 13.5 Å². The molecule has 4 rings (SSSR count). The van der Waals surface area contributed by atoms with Crippen LogP contribution in [0.3, 0.4) is 0 Å². The highest BCUT2D eigenvalue weighted by Crippen LogP contribution is 2.33. The van der Waals surface area contributed by atoms with Crippen molar-refractivity contribution in [1.29, 1.82) is 0 Å². The second-order valence-electron chi connectivity index (χ2n) is 7.89. The van der Waals surface area contributed by atoms with Crippen LogP contribution in [0.25, 0.3) is 21.8 Å². The summed E-state index contributed by atoms with van der Waals surface area (Å²) >= 11 is 0. The van der Waals surface area contributed by atoms with Crippen molar-refractivity contribution < 1.29 is 14.6 Å². The van der Waals surface area contributed by atoms with Gasteiger partial charge in [-0.3, -0.25) is 9.59 Å². The average Bonchev–Trinajstić information content (AvgIpc) is 2.76. The van der Waals surface area contributed by atoms with E-state index in [0.29, 0.717) is 27.6 Å². The number of nitrogens with one attached hydrogen (secondary N) is 1. The Hall–Kier alpha value is -4.00. The van der Waals surface area contributed by atoms with Crippen molar-refractivity contribution in [2.24, 2.45) is 0 Å². The zero-order valence-electron chi connectivity index (χ0n) is 18.5. The smallest absolute Gasteiger partial charge is 0.323 e. The largest absolute Gasteiger partial charge is 0.495 e. The molecular weight excluding hydrogens is 406 g/mol. The third kappa shape index (κ3) is 3.62. The molecule has 4 aromatic rings. The number of carbonyl (C=O) groups is 1. The number of carboxylic acid groups (broad SMARTS) is 1. The van der Waals surface area contributed by atoms with Gasteiger partial charge in [0.1, 0.15) is 12.3 Å². The van der Waals surface area contributed by atoms with Crippen LogP contribution in [0.2, 0.25) is 0 Å². The summed E-state index contributed by atoms with van der Waals surface area (Å²) in [6, 6.07) is 16.6. The van der Waals surface area contributed by atoms with Gasteiger partial charge in [-0.1, -0.05) is 18.2 Å². The standard InChI is InChI=1S/C25H25N3O4/c1-15-9-11-18-24(23(15)27(2)3)28(14-22(29)30)20-13-16(10-12-17(20)25(18)31)26-19-7-5-6-8-21(19)32-4/h5-13,26H,14H2,1-4H3,(H,29,30). The Morgan fingerprint density at radius 2 is 1.81 bits per heavy atom. The molecule has 0 saturated heterocycles. The third-order valence-corrected chi connectivity index (χ3v) is 5.53. The van der Waals surface area contributed by atoms with Gasteiger partial charge in [0.05, 0.1) is 29.5 Å². The van der Waals surface area contributed by atoms with Gasteiger partial charge in [-0.15, -0.1) is 0 Å². The van der Waals surface area contributed by atoms with Gasteiger partial charge in [-0.05, 0) is 48.9 Å². The van der Waals surface area contributed by atoms with E-state index in [9.17, 15) is 14.7 Å². The summed E-state index contributed by atoms with van der Waals surface area (Å²) in [4.78, 5) is 27.1. The van der Waals surface area contributed by atoms with Crippen molar-refractivity contribution in [1.82, 2.24) is 4.57 Å². The van der Waals surface area contributed by atoms with Crippen molar-refractivity contribution in [3.8, 4) is 5.75 Å². The number of anilines is 3. The number of aliphatic carboxylic acids is 1. The van der Waals surface area contributed by atoms with E-state index in [1.807, 2.05) is 68.4 Å². The molecule has 0 aliphatic heterocycles. The molecule has 0 bridgehead atoms. The predicted octanol–water partition coefficient (Wildman–Crippen LogP) is 4.37. The zero-order chi connectivity index (χ0) is 23.0. The molecule has 3 aromatic carbocycles. The maximum Gasteiger partial charge on any atom is 0.323 e. The fraction of sp³-hybridized carbons (Fsp3) is 0.200. The first-order valence-corrected chi connectivity index (χ1v) is 10.2. The summed E-state index contributed by atoms with van der Waals surface area (Å²) in [5.74, 6) is -0.301. The Balaban J connectivity index is 2.04. The minimum absolute atomic E-state index is 0.122. The number of aromatic nitrogens is 1. The van der Waals surface area contributed by atoms with Crippen LogP contribution in [0.5, 0.6) is 5.75 Å². The van der Waals surface area contributed by atoms with Crippen LogP contribution in [-0.2, 0) is 11.3 Å². The van der Waals surface area contributed by atoms with Gasteiger partial charge in [0.15, 0.2) is 5.43 Å². The number of benzene rings is 3. The van der Waals surface area contributed by atoms with E-state index in [0.717, 1.165) is 22.6 Å². The average molecular weight is 431 g/mol. The first kappa shape index (κ1) is 21.2. The van der Waals surface area contributed by atoms with Gasteiger partial charge < -0.3 is 24.6 Å². The highest BCUT2D eigenvalue weighted by atomic mass is 16.5. The molecule has 0 aliphatic carbocycles. The maximum atomic E-state index is 13.4. The van der Waals surface area contributed by atoms with E-state index >= 15 is 0 Å². The van der Waals surface area contributed by atoms with Crippen molar-refractivity contribution in [2.75, 3.05) is 31.4 Å². The highest BCUT2D eigenvalue weighted by Gasteiger charge is 2.19. The van der Waals surface area contributed by atoms with Gasteiger partial charge in [0.25, 0.3) is 0 Å². The minimum Gasteiger partial charge on any atom is -0.495 e. The molecule has 0 saturated carbocycles. The molecule has 7 heteroatoms. The molecule has 0 spiro atoms. The van der Waals surface area contributed by atoms with Crippen LogP contribution >= 0.6 is 0 Å². The molecule has 0 aliphatic rings. The number of methoxy groups -OCH3 is 1. The van der Waals surface area contributed by atoms with Crippen molar-refractivity contribution in [3.63, 3.8) is 0 Å². The molecule has 0 unspecified atom stereocenters. The van der Waals surface area contributed by atoms with Gasteiger partial charge in [0.2, 0.25) is 0 Å². The van der Waals surface area contributed by atoms with Crippen LogP contribution in [0.1, 0.15) is 5.56 Å². The van der Waals surface area contributed by atoms with E-state index < -0.39 is 5.97 Å². The molecule has 0 fully saturated rings. The molecule has 0 amide bonds. The first-order chi connectivity index (χ1) is 15.3. The lowest BCUT2D eigenvalue weighted by molar-refractivity contribution is -0.137. The number of carboxylic acids is 1. The molecule has 164 valence electrons. The lowest BCUT2D eigenvalue weighted by Crippen LogP contribution is -2.20. The van der Waals surface area contributed by atoms with E-state index in [4.69, 9.17) is 4.74 Å². The number of para-hydroxylation sites is 2. The number of hydrogen-bond donors (Lipinski definition) is 2. The van der Waals surface area contributed by atoms with Gasteiger partial charge in [0, 0.05) is 30.6 Å². The molecule has 1 heterocycles. The third-order valence-electron chi connectivity index (χ3n) is 5.53. The normalized spacial score (nSPS) is 11.0. The summed E-state index contributed by atoms with van der Waals surface area (Å²) in [7, 11) is 5.38. The first-order valence-electron chi connectivity index (χ1n) is 10.2. The van der Waals surface area contributed by atoms with E-state index in [1.165, 1.54) is 0 Å². The molecule has 2 N–H and O–H groups in total. The summed E-state index contributed by atoms with van der Waals surface area (Å²) in [6.07, 6.45) is 0. The van der Waals surface area contributed by atoms with Gasteiger partial charge in [-0.25, -0.2) is 0 Å². The SMILES string of the molecule is COc1ccccc1Nc1ccc2c(=O)c3ccc(C)c(N(C)C)c3n(CC(=O)O)c2c1. The van der Waals surface area contributed by atoms with Crippen molar-refractivity contribution >= 4 is 44.8 Å². The van der Waals surface area contributed by atoms with Crippen LogP contribution in [-0.4, -0.2) is 36.8 Å². The Bertz CT molecular complexity index is 1410. The second-order valence-corrected chi connectivity index (χ2v) is 7.89. The summed E-state index contributed by atoms with van der Waals surface area (Å²) in [6.45, 7) is 1.68. The Kier molecular flexibility index (Phi) is 5.48. The molecular formula is C25H25N3O4. The molecule has 0 radical (unpaired) electrons. The highest BCUT2D eigenvalue weighted by molar-refractivity contribution is 6.02. The number of rotatable bonds is 6. The van der Waals surface area contributed by atoms with Crippen LogP contribution < -0.4 is 20.4 Å². The Morgan fingerprint density at radius 1 is 1.09 bits per heavy atom. The predicted molar refractivity (Wildman–Crippen MR) is 129 cm³/mol. The number of pyridine rings is 1. The van der Waals surface area contributed by atoms with Crippen LogP contribution in [0.4, 0.5) is 17.1 Å². The lowest BCUT2D eigenvalue weighted by Gasteiger charge is -2.23. The van der Waals surface area contributed by atoms with Crippen molar-refractivity contribution in [3.05, 3.63) is 70.4 Å². The zero-order valence-corrected chi connectivity index (χ0v) is 18.5. The quantitative estimate of drug-likeness (QED) is 0.441. The molecule has 32 heavy (non-hydrogen) atoms. The number of nitrogens with zero attached hydrogens (tertiary/aromatic N) is 2. The van der Waals surface area contributed by atoms with Gasteiger partial charge >= 0.3 is 5.97 Å². The Labute approximate surface area is 185 Å². The maximum absolute atomic E-state index is 13.4. The lowest BCUT2D eigenvalue weighted by atomic mass is 10.0. The summed E-state index contributed by atoms with van der Waals surface area (Å²) in [5, 5.41) is 14.0. The summed E-state index contributed by atoms with van der Waals surface area (Å²) in [5.41, 5.74) is 4.33. The summed E-state index contributed by atoms with van der Waals surface area (Å²) < 4.78 is 7.12. The van der Waals surface area contributed by atoms with E-state index in [-0.39, 0.29) is 12.0 Å². The van der Waals surface area contributed by atoms with Crippen LogP contribution in [0.15, 0.2) is 59.4 Å². The molecule has 0 atom stereocenters. The minimum atomic E-state index is -0.981. The molecule has 7 nitrogen and oxygen atoms in total. The number of fused-ring (bicyclic) bond motifs is 2. The monoisotopic (exact) mass is 431 g/mol. The number of aryl methyl sites for hydroxylation is 1. The fourth-order valence-corrected chi connectivity index (χ4v) is 4.19. The van der Waals surface area contributed by atoms with Gasteiger partial charge in [-0.2, -0.15) is 0 Å². The fourth-order valence-electron chi connectivity index (χ4n) is 4.19. The Morgan fingerprint density at radius 3 is 2.50 bits per heavy atom. The molecule has 1 aromatic heterocycles. The van der Waals surface area contributed by atoms with Crippen LogP contribution in [0, 0.1) is 6.92 Å². The van der Waals surface area contributed by atoms with E-state index in [1.54, 1.807) is 23.8 Å². The topological polar surface area (TPSA) is 83.8 Å². The van der Waals surface area contributed by atoms with E-state index in [2.05, 4.69) is 5.32 Å². The number of ether oxygens (including phenoxy) is 1. The number of hydrogen-bond acceptors (Lipinski definition) is 5.